The van der Waals surface area contributed by atoms with Gasteiger partial charge in [0.15, 0.2) is 0 Å². The first-order valence-corrected chi connectivity index (χ1v) is 5.78. The van der Waals surface area contributed by atoms with E-state index in [1.165, 1.54) is 0 Å². The van der Waals surface area contributed by atoms with Gasteiger partial charge in [0.25, 0.3) is 0 Å². The average molecular weight is 249 g/mol. The molecule has 4 N–H and O–H groups in total. The van der Waals surface area contributed by atoms with E-state index < -0.39 is 5.91 Å². The summed E-state index contributed by atoms with van der Waals surface area (Å²) in [6.07, 6.45) is 0.240. The Morgan fingerprint density at radius 2 is 2.06 bits per heavy atom. The first kappa shape index (κ1) is 14.2. The molecule has 0 aliphatic rings. The fourth-order valence-corrected chi connectivity index (χ4v) is 1.68. The van der Waals surface area contributed by atoms with Crippen LogP contribution < -0.4 is 11.5 Å². The van der Waals surface area contributed by atoms with Crippen molar-refractivity contribution in [2.75, 3.05) is 13.6 Å². The molecule has 1 rings (SSSR count). The number of carbonyl (C=O) groups excluding carboxylic acids is 2. The van der Waals surface area contributed by atoms with Gasteiger partial charge in [-0.25, -0.2) is 0 Å². The Balaban J connectivity index is 2.70. The lowest BCUT2D eigenvalue weighted by Crippen LogP contribution is -2.37. The van der Waals surface area contributed by atoms with Crippen molar-refractivity contribution in [2.24, 2.45) is 11.5 Å². The summed E-state index contributed by atoms with van der Waals surface area (Å²) in [6, 6.07) is 6.72. The SMILES string of the molecule is CC(N)CN(C)C(=O)Cc1cccc(C(N)=O)c1. The van der Waals surface area contributed by atoms with Crippen molar-refractivity contribution in [3.63, 3.8) is 0 Å². The summed E-state index contributed by atoms with van der Waals surface area (Å²) in [4.78, 5) is 24.5. The maximum absolute atomic E-state index is 11.9. The Bertz CT molecular complexity index is 444. The quantitative estimate of drug-likeness (QED) is 0.777. The zero-order valence-electron chi connectivity index (χ0n) is 10.7. The molecule has 18 heavy (non-hydrogen) atoms. The molecule has 0 heterocycles. The van der Waals surface area contributed by atoms with E-state index >= 15 is 0 Å². The molecule has 1 aromatic rings. The van der Waals surface area contributed by atoms with Gasteiger partial charge in [-0.15, -0.1) is 0 Å². The molecule has 0 spiro atoms. The molecule has 2 amide bonds. The van der Waals surface area contributed by atoms with E-state index in [0.29, 0.717) is 12.1 Å². The zero-order chi connectivity index (χ0) is 13.7. The maximum Gasteiger partial charge on any atom is 0.248 e. The van der Waals surface area contributed by atoms with Crippen molar-refractivity contribution in [2.45, 2.75) is 19.4 Å². The number of nitrogens with two attached hydrogens (primary N) is 2. The number of likely N-dealkylation sites (N-methyl/N-ethyl adjacent to an activating group) is 1. The highest BCUT2D eigenvalue weighted by Crippen LogP contribution is 2.07. The highest BCUT2D eigenvalue weighted by molar-refractivity contribution is 5.93. The number of primary amides is 1. The van der Waals surface area contributed by atoms with Crippen LogP contribution in [0, 0.1) is 0 Å². The number of hydrogen-bond donors (Lipinski definition) is 2. The van der Waals surface area contributed by atoms with Gasteiger partial charge in [-0.2, -0.15) is 0 Å². The highest BCUT2D eigenvalue weighted by atomic mass is 16.2. The second-order valence-corrected chi connectivity index (χ2v) is 4.49. The Kier molecular flexibility index (Phi) is 4.85. The normalized spacial score (nSPS) is 11.9. The van der Waals surface area contributed by atoms with E-state index in [1.807, 2.05) is 6.92 Å². The van der Waals surface area contributed by atoms with Gasteiger partial charge in [-0.1, -0.05) is 12.1 Å². The fraction of sp³-hybridized carbons (Fsp3) is 0.385. The van der Waals surface area contributed by atoms with Gasteiger partial charge in [0.2, 0.25) is 11.8 Å². The molecule has 1 aromatic carbocycles. The molecule has 0 aliphatic heterocycles. The van der Waals surface area contributed by atoms with Crippen molar-refractivity contribution in [3.05, 3.63) is 35.4 Å². The number of hydrogen-bond acceptors (Lipinski definition) is 3. The minimum atomic E-state index is -0.492. The minimum Gasteiger partial charge on any atom is -0.366 e. The number of benzene rings is 1. The van der Waals surface area contributed by atoms with E-state index in [-0.39, 0.29) is 18.4 Å². The van der Waals surface area contributed by atoms with E-state index in [0.717, 1.165) is 5.56 Å². The van der Waals surface area contributed by atoms with Crippen molar-refractivity contribution < 1.29 is 9.59 Å². The third kappa shape index (κ3) is 4.18. The van der Waals surface area contributed by atoms with E-state index in [1.54, 1.807) is 36.2 Å². The van der Waals surface area contributed by atoms with E-state index in [2.05, 4.69) is 0 Å². The van der Waals surface area contributed by atoms with E-state index in [9.17, 15) is 9.59 Å². The van der Waals surface area contributed by atoms with Crippen LogP contribution in [0.15, 0.2) is 24.3 Å². The van der Waals surface area contributed by atoms with Crippen LogP contribution in [-0.2, 0) is 11.2 Å². The van der Waals surface area contributed by atoms with Crippen LogP contribution in [0.4, 0.5) is 0 Å². The van der Waals surface area contributed by atoms with Crippen LogP contribution >= 0.6 is 0 Å². The summed E-state index contributed by atoms with van der Waals surface area (Å²) < 4.78 is 0. The number of nitrogens with zero attached hydrogens (tertiary/aromatic N) is 1. The second kappa shape index (κ2) is 6.16. The molecule has 1 atom stereocenters. The van der Waals surface area contributed by atoms with Gasteiger partial charge >= 0.3 is 0 Å². The van der Waals surface area contributed by atoms with Crippen molar-refractivity contribution >= 4 is 11.8 Å². The van der Waals surface area contributed by atoms with Crippen LogP contribution in [0.3, 0.4) is 0 Å². The van der Waals surface area contributed by atoms with Crippen LogP contribution in [0.1, 0.15) is 22.8 Å². The van der Waals surface area contributed by atoms with Gasteiger partial charge in [0.1, 0.15) is 0 Å². The molecule has 98 valence electrons. The second-order valence-electron chi connectivity index (χ2n) is 4.49. The predicted octanol–water partition coefficient (Wildman–Crippen LogP) is 0.134. The molecule has 0 aliphatic carbocycles. The molecule has 5 heteroatoms. The molecule has 0 saturated heterocycles. The zero-order valence-corrected chi connectivity index (χ0v) is 10.7. The van der Waals surface area contributed by atoms with Crippen molar-refractivity contribution in [1.82, 2.24) is 4.90 Å². The Labute approximate surface area is 107 Å². The summed E-state index contributed by atoms with van der Waals surface area (Å²) in [5.74, 6) is -0.526. The lowest BCUT2D eigenvalue weighted by atomic mass is 10.1. The van der Waals surface area contributed by atoms with Crippen LogP contribution in [-0.4, -0.2) is 36.3 Å². The van der Waals surface area contributed by atoms with Gasteiger partial charge in [0, 0.05) is 25.2 Å². The molecule has 0 radical (unpaired) electrons. The van der Waals surface area contributed by atoms with Crippen molar-refractivity contribution in [1.29, 1.82) is 0 Å². The van der Waals surface area contributed by atoms with E-state index in [4.69, 9.17) is 11.5 Å². The molecule has 0 aromatic heterocycles. The summed E-state index contributed by atoms with van der Waals surface area (Å²) in [6.45, 7) is 2.35. The smallest absolute Gasteiger partial charge is 0.248 e. The summed E-state index contributed by atoms with van der Waals surface area (Å²) in [5.41, 5.74) is 12.0. The molecule has 0 fully saturated rings. The first-order valence-electron chi connectivity index (χ1n) is 5.78. The van der Waals surface area contributed by atoms with Crippen LogP contribution in [0.2, 0.25) is 0 Å². The Hall–Kier alpha value is -1.88. The Morgan fingerprint density at radius 1 is 1.39 bits per heavy atom. The standard InChI is InChI=1S/C13H19N3O2/c1-9(14)8-16(2)12(17)7-10-4-3-5-11(6-10)13(15)18/h3-6,9H,7-8,14H2,1-2H3,(H2,15,18). The monoisotopic (exact) mass is 249 g/mol. The number of rotatable bonds is 5. The number of amides is 2. The molecular weight excluding hydrogens is 230 g/mol. The predicted molar refractivity (Wildman–Crippen MR) is 70.0 cm³/mol. The van der Waals surface area contributed by atoms with Gasteiger partial charge in [-0.3, -0.25) is 9.59 Å². The minimum absolute atomic E-state index is 0.0334. The molecule has 5 nitrogen and oxygen atoms in total. The molecular formula is C13H19N3O2. The van der Waals surface area contributed by atoms with Gasteiger partial charge in [-0.05, 0) is 24.6 Å². The third-order valence-corrected chi connectivity index (χ3v) is 2.55. The third-order valence-electron chi connectivity index (χ3n) is 2.55. The Morgan fingerprint density at radius 3 is 2.61 bits per heavy atom. The average Bonchev–Trinajstić information content (AvgIpc) is 2.28. The van der Waals surface area contributed by atoms with Crippen molar-refractivity contribution in [3.8, 4) is 0 Å². The lowest BCUT2D eigenvalue weighted by Gasteiger charge is -2.19. The first-order chi connectivity index (χ1) is 8.40. The summed E-state index contributed by atoms with van der Waals surface area (Å²) in [5, 5.41) is 0. The lowest BCUT2D eigenvalue weighted by molar-refractivity contribution is -0.129. The van der Waals surface area contributed by atoms with Crippen LogP contribution in [0.5, 0.6) is 0 Å². The topological polar surface area (TPSA) is 89.4 Å². The van der Waals surface area contributed by atoms with Crippen LogP contribution in [0.25, 0.3) is 0 Å². The summed E-state index contributed by atoms with van der Waals surface area (Å²) >= 11 is 0. The molecule has 1 unspecified atom stereocenters. The highest BCUT2D eigenvalue weighted by Gasteiger charge is 2.11. The fourth-order valence-electron chi connectivity index (χ4n) is 1.68. The maximum atomic E-state index is 11.9. The molecule has 0 saturated carbocycles. The largest absolute Gasteiger partial charge is 0.366 e. The summed E-state index contributed by atoms with van der Waals surface area (Å²) in [7, 11) is 1.71. The van der Waals surface area contributed by atoms with Gasteiger partial charge in [0.05, 0.1) is 6.42 Å². The molecule has 0 bridgehead atoms. The number of carbonyl (C=O) groups is 2. The van der Waals surface area contributed by atoms with Gasteiger partial charge < -0.3 is 16.4 Å².